The number of pyridine rings is 1. The molecule has 0 saturated carbocycles. The molecule has 2 nitrogen and oxygen atoms in total. The molecule has 0 radical (unpaired) electrons. The van der Waals surface area contributed by atoms with Gasteiger partial charge >= 0.3 is 0 Å². The van der Waals surface area contributed by atoms with Crippen molar-refractivity contribution in [2.75, 3.05) is 6.54 Å². The van der Waals surface area contributed by atoms with Gasteiger partial charge in [-0.2, -0.15) is 0 Å². The molecule has 0 unspecified atom stereocenters. The predicted octanol–water partition coefficient (Wildman–Crippen LogP) is 3.04. The molecule has 0 spiro atoms. The first kappa shape index (κ1) is 10.7. The molecule has 0 atom stereocenters. The number of rotatable bonds is 2. The van der Waals surface area contributed by atoms with Crippen LogP contribution in [-0.2, 0) is 6.42 Å². The average Bonchev–Trinajstić information content (AvgIpc) is 2.25. The van der Waals surface area contributed by atoms with E-state index in [1.165, 1.54) is 0 Å². The third-order valence-corrected chi connectivity index (χ3v) is 3.01. The van der Waals surface area contributed by atoms with E-state index in [1.54, 1.807) is 6.07 Å². The SMILES string of the molecule is NCCc1ccc2ccc(Cl)c(Cl)c2n1. The van der Waals surface area contributed by atoms with Crippen molar-refractivity contribution in [1.82, 2.24) is 4.98 Å². The number of nitrogens with two attached hydrogens (primary N) is 1. The Morgan fingerprint density at radius 1 is 1.13 bits per heavy atom. The highest BCUT2D eigenvalue weighted by Crippen LogP contribution is 2.29. The van der Waals surface area contributed by atoms with E-state index in [0.29, 0.717) is 16.6 Å². The minimum absolute atomic E-state index is 0.507. The van der Waals surface area contributed by atoms with Gasteiger partial charge in [-0.1, -0.05) is 35.3 Å². The van der Waals surface area contributed by atoms with Gasteiger partial charge < -0.3 is 5.73 Å². The molecule has 1 aromatic heterocycles. The Morgan fingerprint density at radius 2 is 1.87 bits per heavy atom. The van der Waals surface area contributed by atoms with E-state index in [2.05, 4.69) is 4.98 Å². The summed E-state index contributed by atoms with van der Waals surface area (Å²) in [5.41, 5.74) is 7.16. The van der Waals surface area contributed by atoms with Crippen LogP contribution in [0.1, 0.15) is 5.69 Å². The fraction of sp³-hybridized carbons (Fsp3) is 0.182. The summed E-state index contributed by atoms with van der Waals surface area (Å²) in [5.74, 6) is 0. The largest absolute Gasteiger partial charge is 0.330 e. The van der Waals surface area contributed by atoms with Crippen molar-refractivity contribution in [3.63, 3.8) is 0 Å². The van der Waals surface area contributed by atoms with Crippen LogP contribution in [0.25, 0.3) is 10.9 Å². The summed E-state index contributed by atoms with van der Waals surface area (Å²) in [7, 11) is 0. The second-order valence-corrected chi connectivity index (χ2v) is 4.06. The van der Waals surface area contributed by atoms with Crippen molar-refractivity contribution in [1.29, 1.82) is 0 Å². The normalized spacial score (nSPS) is 10.9. The molecule has 0 aliphatic rings. The van der Waals surface area contributed by atoms with Crippen LogP contribution in [0.15, 0.2) is 24.3 Å². The van der Waals surface area contributed by atoms with E-state index in [9.17, 15) is 0 Å². The molecule has 2 rings (SSSR count). The van der Waals surface area contributed by atoms with Gasteiger partial charge in [0.25, 0.3) is 0 Å². The maximum absolute atomic E-state index is 6.07. The topological polar surface area (TPSA) is 38.9 Å². The van der Waals surface area contributed by atoms with Gasteiger partial charge in [0.05, 0.1) is 15.6 Å². The lowest BCUT2D eigenvalue weighted by Gasteiger charge is -2.04. The van der Waals surface area contributed by atoms with E-state index in [-0.39, 0.29) is 0 Å². The van der Waals surface area contributed by atoms with Gasteiger partial charge in [-0.25, -0.2) is 0 Å². The fourth-order valence-electron chi connectivity index (χ4n) is 1.46. The number of aromatic nitrogens is 1. The fourth-order valence-corrected chi connectivity index (χ4v) is 1.82. The smallest absolute Gasteiger partial charge is 0.0906 e. The zero-order chi connectivity index (χ0) is 10.8. The molecular weight excluding hydrogens is 231 g/mol. The lowest BCUT2D eigenvalue weighted by atomic mass is 10.2. The van der Waals surface area contributed by atoms with Gasteiger partial charge in [0.2, 0.25) is 0 Å². The molecular formula is C11H10Cl2N2. The van der Waals surface area contributed by atoms with Crippen LogP contribution in [0.2, 0.25) is 10.0 Å². The second kappa shape index (κ2) is 4.35. The van der Waals surface area contributed by atoms with Gasteiger partial charge in [-0.3, -0.25) is 4.98 Å². The highest BCUT2D eigenvalue weighted by Gasteiger charge is 2.05. The van der Waals surface area contributed by atoms with E-state index in [1.807, 2.05) is 18.2 Å². The second-order valence-electron chi connectivity index (χ2n) is 3.27. The molecule has 0 saturated heterocycles. The number of benzene rings is 1. The Hall–Kier alpha value is -0.830. The Kier molecular flexibility index (Phi) is 3.10. The van der Waals surface area contributed by atoms with E-state index >= 15 is 0 Å². The predicted molar refractivity (Wildman–Crippen MR) is 64.5 cm³/mol. The van der Waals surface area contributed by atoms with Crippen molar-refractivity contribution in [3.8, 4) is 0 Å². The van der Waals surface area contributed by atoms with E-state index < -0.39 is 0 Å². The zero-order valence-corrected chi connectivity index (χ0v) is 9.52. The van der Waals surface area contributed by atoms with Crippen LogP contribution in [0, 0.1) is 0 Å². The summed E-state index contributed by atoms with van der Waals surface area (Å²) >= 11 is 12.0. The Morgan fingerprint density at radius 3 is 2.60 bits per heavy atom. The summed E-state index contributed by atoms with van der Waals surface area (Å²) in [6, 6.07) is 7.62. The van der Waals surface area contributed by atoms with Crippen molar-refractivity contribution >= 4 is 34.1 Å². The molecule has 2 N–H and O–H groups in total. The Labute approximate surface area is 98.0 Å². The van der Waals surface area contributed by atoms with Crippen molar-refractivity contribution < 1.29 is 0 Å². The molecule has 0 fully saturated rings. The van der Waals surface area contributed by atoms with Gasteiger partial charge in [0, 0.05) is 17.5 Å². The van der Waals surface area contributed by atoms with Crippen molar-refractivity contribution in [2.45, 2.75) is 6.42 Å². The Balaban J connectivity index is 2.63. The third-order valence-electron chi connectivity index (χ3n) is 2.21. The summed E-state index contributed by atoms with van der Waals surface area (Å²) in [4.78, 5) is 4.43. The molecule has 0 bridgehead atoms. The standard InChI is InChI=1S/C11H10Cl2N2/c12-9-4-2-7-1-3-8(5-6-14)15-11(7)10(9)13/h1-4H,5-6,14H2. The molecule has 15 heavy (non-hydrogen) atoms. The number of hydrogen-bond donors (Lipinski definition) is 1. The first-order valence-electron chi connectivity index (χ1n) is 4.66. The number of halogens is 2. The number of hydrogen-bond acceptors (Lipinski definition) is 2. The van der Waals surface area contributed by atoms with Gasteiger partial charge in [0.1, 0.15) is 0 Å². The zero-order valence-electron chi connectivity index (χ0n) is 8.00. The van der Waals surface area contributed by atoms with Crippen LogP contribution in [0.4, 0.5) is 0 Å². The first-order valence-corrected chi connectivity index (χ1v) is 5.41. The van der Waals surface area contributed by atoms with Gasteiger partial charge in [-0.15, -0.1) is 0 Å². The maximum atomic E-state index is 6.07. The molecule has 1 heterocycles. The molecule has 4 heteroatoms. The van der Waals surface area contributed by atoms with Gasteiger partial charge in [-0.05, 0) is 18.7 Å². The van der Waals surface area contributed by atoms with Crippen LogP contribution in [0.3, 0.4) is 0 Å². The quantitative estimate of drug-likeness (QED) is 0.877. The molecule has 2 aromatic rings. The van der Waals surface area contributed by atoms with Crippen LogP contribution < -0.4 is 5.73 Å². The molecule has 0 aliphatic heterocycles. The number of nitrogens with zero attached hydrogens (tertiary/aromatic N) is 1. The van der Waals surface area contributed by atoms with Crippen LogP contribution in [-0.4, -0.2) is 11.5 Å². The molecule has 0 aliphatic carbocycles. The van der Waals surface area contributed by atoms with Crippen LogP contribution in [0.5, 0.6) is 0 Å². The summed E-state index contributed by atoms with van der Waals surface area (Å²) in [6.45, 7) is 0.580. The third kappa shape index (κ3) is 2.07. The molecule has 0 amide bonds. The minimum Gasteiger partial charge on any atom is -0.330 e. The van der Waals surface area contributed by atoms with E-state index in [0.717, 1.165) is 23.0 Å². The lowest BCUT2D eigenvalue weighted by molar-refractivity contribution is 0.932. The summed E-state index contributed by atoms with van der Waals surface area (Å²) in [6.07, 6.45) is 0.749. The summed E-state index contributed by atoms with van der Waals surface area (Å²) in [5, 5.41) is 2.03. The van der Waals surface area contributed by atoms with Crippen molar-refractivity contribution in [3.05, 3.63) is 40.0 Å². The molecule has 1 aromatic carbocycles. The average molecular weight is 241 g/mol. The van der Waals surface area contributed by atoms with E-state index in [4.69, 9.17) is 28.9 Å². The monoisotopic (exact) mass is 240 g/mol. The maximum Gasteiger partial charge on any atom is 0.0906 e. The van der Waals surface area contributed by atoms with Crippen molar-refractivity contribution in [2.24, 2.45) is 5.73 Å². The number of fused-ring (bicyclic) bond motifs is 1. The summed E-state index contributed by atoms with van der Waals surface area (Å²) < 4.78 is 0. The lowest BCUT2D eigenvalue weighted by Crippen LogP contribution is -2.04. The molecule has 78 valence electrons. The highest BCUT2D eigenvalue weighted by molar-refractivity contribution is 6.44. The van der Waals surface area contributed by atoms with Crippen LogP contribution >= 0.6 is 23.2 Å². The highest BCUT2D eigenvalue weighted by atomic mass is 35.5. The Bertz CT molecular complexity index is 497. The van der Waals surface area contributed by atoms with Gasteiger partial charge in [0.15, 0.2) is 0 Å². The first-order chi connectivity index (χ1) is 7.22. The minimum atomic E-state index is 0.507.